The van der Waals surface area contributed by atoms with E-state index in [0.717, 1.165) is 0 Å². The number of hydrogen-bond acceptors (Lipinski definition) is 4. The Morgan fingerprint density at radius 2 is 2.00 bits per heavy atom. The summed E-state index contributed by atoms with van der Waals surface area (Å²) in [4.78, 5) is 11.8. The number of rotatable bonds is 4. The maximum atomic E-state index is 11.8. The van der Waals surface area contributed by atoms with Gasteiger partial charge in [0.05, 0.1) is 0 Å². The SMILES string of the molecule is CC(C)CNC(=O)C(O)c1ccc2c(c1)OCCO2. The topological polar surface area (TPSA) is 67.8 Å². The molecule has 0 aromatic heterocycles. The fourth-order valence-corrected chi connectivity index (χ4v) is 1.78. The van der Waals surface area contributed by atoms with Gasteiger partial charge in [0.15, 0.2) is 17.6 Å². The molecule has 1 aliphatic rings. The van der Waals surface area contributed by atoms with Crippen LogP contribution in [0, 0.1) is 5.92 Å². The summed E-state index contributed by atoms with van der Waals surface area (Å²) in [5, 5.41) is 12.7. The summed E-state index contributed by atoms with van der Waals surface area (Å²) >= 11 is 0. The van der Waals surface area contributed by atoms with Crippen LogP contribution in [0.3, 0.4) is 0 Å². The number of fused-ring (bicyclic) bond motifs is 1. The fourth-order valence-electron chi connectivity index (χ4n) is 1.78. The van der Waals surface area contributed by atoms with E-state index in [1.54, 1.807) is 18.2 Å². The van der Waals surface area contributed by atoms with Gasteiger partial charge in [-0.3, -0.25) is 4.79 Å². The second-order valence-electron chi connectivity index (χ2n) is 4.94. The highest BCUT2D eigenvalue weighted by Crippen LogP contribution is 2.32. The predicted molar refractivity (Wildman–Crippen MR) is 70.2 cm³/mol. The maximum Gasteiger partial charge on any atom is 0.253 e. The predicted octanol–water partition coefficient (Wildman–Crippen LogP) is 1.26. The molecule has 2 N–H and O–H groups in total. The molecule has 1 aromatic carbocycles. The minimum atomic E-state index is -1.19. The van der Waals surface area contributed by atoms with Crippen LogP contribution in [0.1, 0.15) is 25.5 Å². The number of aliphatic hydroxyl groups is 1. The van der Waals surface area contributed by atoms with Gasteiger partial charge >= 0.3 is 0 Å². The molecule has 1 amide bonds. The van der Waals surface area contributed by atoms with Crippen LogP contribution < -0.4 is 14.8 Å². The summed E-state index contributed by atoms with van der Waals surface area (Å²) in [5.74, 6) is 1.16. The normalized spacial score (nSPS) is 15.2. The standard InChI is InChI=1S/C14H19NO4/c1-9(2)8-15-14(17)13(16)10-3-4-11-12(7-10)19-6-5-18-11/h3-4,7,9,13,16H,5-6,8H2,1-2H3,(H,15,17). The molecule has 0 saturated heterocycles. The van der Waals surface area contributed by atoms with Crippen molar-refractivity contribution in [1.82, 2.24) is 5.32 Å². The van der Waals surface area contributed by atoms with Crippen LogP contribution in [0.25, 0.3) is 0 Å². The largest absolute Gasteiger partial charge is 0.486 e. The number of ether oxygens (including phenoxy) is 2. The highest BCUT2D eigenvalue weighted by atomic mass is 16.6. The first-order valence-electron chi connectivity index (χ1n) is 6.43. The highest BCUT2D eigenvalue weighted by Gasteiger charge is 2.20. The lowest BCUT2D eigenvalue weighted by atomic mass is 10.1. The van der Waals surface area contributed by atoms with Crippen LogP contribution in [0.2, 0.25) is 0 Å². The van der Waals surface area contributed by atoms with Crippen LogP contribution in [-0.2, 0) is 4.79 Å². The zero-order chi connectivity index (χ0) is 13.8. The van der Waals surface area contributed by atoms with E-state index >= 15 is 0 Å². The van der Waals surface area contributed by atoms with Gasteiger partial charge < -0.3 is 19.9 Å². The van der Waals surface area contributed by atoms with E-state index in [1.165, 1.54) is 0 Å². The number of nitrogens with one attached hydrogen (secondary N) is 1. The number of carbonyl (C=O) groups is 1. The lowest BCUT2D eigenvalue weighted by molar-refractivity contribution is -0.129. The summed E-state index contributed by atoms with van der Waals surface area (Å²) in [6.07, 6.45) is -1.19. The van der Waals surface area contributed by atoms with E-state index in [9.17, 15) is 9.90 Å². The average molecular weight is 265 g/mol. The molecule has 1 unspecified atom stereocenters. The zero-order valence-electron chi connectivity index (χ0n) is 11.2. The minimum Gasteiger partial charge on any atom is -0.486 e. The maximum absolute atomic E-state index is 11.8. The first-order chi connectivity index (χ1) is 9.08. The van der Waals surface area contributed by atoms with Gasteiger partial charge in [0.1, 0.15) is 13.2 Å². The molecule has 0 saturated carbocycles. The Labute approximate surface area is 112 Å². The molecule has 0 radical (unpaired) electrons. The Hall–Kier alpha value is -1.75. The molecule has 0 spiro atoms. The fraction of sp³-hybridized carbons (Fsp3) is 0.500. The van der Waals surface area contributed by atoms with E-state index in [-0.39, 0.29) is 0 Å². The number of amides is 1. The third-order valence-corrected chi connectivity index (χ3v) is 2.81. The minimum absolute atomic E-state index is 0.344. The molecule has 5 nitrogen and oxygen atoms in total. The van der Waals surface area contributed by atoms with Gasteiger partial charge in [-0.05, 0) is 23.6 Å². The summed E-state index contributed by atoms with van der Waals surface area (Å²) in [6, 6.07) is 5.03. The smallest absolute Gasteiger partial charge is 0.253 e. The van der Waals surface area contributed by atoms with Crippen molar-refractivity contribution in [3.05, 3.63) is 23.8 Å². The molecule has 0 fully saturated rings. The highest BCUT2D eigenvalue weighted by molar-refractivity contribution is 5.82. The Balaban J connectivity index is 2.06. The Bertz CT molecular complexity index is 459. The summed E-state index contributed by atoms with van der Waals surface area (Å²) in [7, 11) is 0. The lowest BCUT2D eigenvalue weighted by Gasteiger charge is -2.20. The molecule has 19 heavy (non-hydrogen) atoms. The van der Waals surface area contributed by atoms with E-state index in [4.69, 9.17) is 9.47 Å². The van der Waals surface area contributed by atoms with Crippen molar-refractivity contribution < 1.29 is 19.4 Å². The molecule has 1 atom stereocenters. The van der Waals surface area contributed by atoms with E-state index < -0.39 is 12.0 Å². The average Bonchev–Trinajstić information content (AvgIpc) is 2.43. The molecular formula is C14H19NO4. The van der Waals surface area contributed by atoms with Crippen LogP contribution in [0.4, 0.5) is 0 Å². The van der Waals surface area contributed by atoms with Gasteiger partial charge in [0.2, 0.25) is 0 Å². The van der Waals surface area contributed by atoms with Crippen molar-refractivity contribution in [3.8, 4) is 11.5 Å². The number of benzene rings is 1. The summed E-state index contributed by atoms with van der Waals surface area (Å²) in [5.41, 5.74) is 0.505. The number of aliphatic hydroxyl groups excluding tert-OH is 1. The van der Waals surface area contributed by atoms with Gasteiger partial charge in [0, 0.05) is 6.54 Å². The Kier molecular flexibility index (Phi) is 4.27. The molecule has 5 heteroatoms. The second-order valence-corrected chi connectivity index (χ2v) is 4.94. The van der Waals surface area contributed by atoms with E-state index in [1.807, 2.05) is 13.8 Å². The van der Waals surface area contributed by atoms with Crippen LogP contribution in [0.15, 0.2) is 18.2 Å². The monoisotopic (exact) mass is 265 g/mol. The zero-order valence-corrected chi connectivity index (χ0v) is 11.2. The van der Waals surface area contributed by atoms with Gasteiger partial charge in [-0.25, -0.2) is 0 Å². The van der Waals surface area contributed by atoms with Gasteiger partial charge in [-0.15, -0.1) is 0 Å². The van der Waals surface area contributed by atoms with Crippen molar-refractivity contribution in [1.29, 1.82) is 0 Å². The van der Waals surface area contributed by atoms with Crippen LogP contribution in [0.5, 0.6) is 11.5 Å². The summed E-state index contributed by atoms with van der Waals surface area (Å²) in [6.45, 7) is 5.53. The van der Waals surface area contributed by atoms with Crippen molar-refractivity contribution >= 4 is 5.91 Å². The number of carbonyl (C=O) groups excluding carboxylic acids is 1. The quantitative estimate of drug-likeness (QED) is 0.860. The van der Waals surface area contributed by atoms with Gasteiger partial charge in [-0.2, -0.15) is 0 Å². The third kappa shape index (κ3) is 3.38. The molecule has 2 rings (SSSR count). The van der Waals surface area contributed by atoms with Gasteiger partial charge in [0.25, 0.3) is 5.91 Å². The first-order valence-corrected chi connectivity index (χ1v) is 6.43. The van der Waals surface area contributed by atoms with Crippen LogP contribution in [-0.4, -0.2) is 30.8 Å². The van der Waals surface area contributed by atoms with Crippen molar-refractivity contribution in [3.63, 3.8) is 0 Å². The molecule has 0 aliphatic carbocycles. The molecule has 104 valence electrons. The molecule has 1 aliphatic heterocycles. The molecular weight excluding hydrogens is 246 g/mol. The first kappa shape index (κ1) is 13.7. The lowest BCUT2D eigenvalue weighted by Crippen LogP contribution is -2.32. The molecule has 1 aromatic rings. The van der Waals surface area contributed by atoms with Crippen molar-refractivity contribution in [2.75, 3.05) is 19.8 Å². The Morgan fingerprint density at radius 1 is 1.32 bits per heavy atom. The van der Waals surface area contributed by atoms with Crippen molar-refractivity contribution in [2.45, 2.75) is 20.0 Å². The van der Waals surface area contributed by atoms with E-state index in [2.05, 4.69) is 5.32 Å². The van der Waals surface area contributed by atoms with E-state index in [0.29, 0.717) is 42.7 Å². The molecule has 1 heterocycles. The van der Waals surface area contributed by atoms with Gasteiger partial charge in [-0.1, -0.05) is 19.9 Å². The van der Waals surface area contributed by atoms with Crippen LogP contribution >= 0.6 is 0 Å². The Morgan fingerprint density at radius 3 is 2.68 bits per heavy atom. The molecule has 0 bridgehead atoms. The second kappa shape index (κ2) is 5.93. The number of hydrogen-bond donors (Lipinski definition) is 2. The summed E-state index contributed by atoms with van der Waals surface area (Å²) < 4.78 is 10.8. The van der Waals surface area contributed by atoms with Crippen molar-refractivity contribution in [2.24, 2.45) is 5.92 Å². The third-order valence-electron chi connectivity index (χ3n) is 2.81.